The second-order valence-electron chi connectivity index (χ2n) is 6.10. The van der Waals surface area contributed by atoms with Crippen LogP contribution in [0.1, 0.15) is 12.0 Å². The van der Waals surface area contributed by atoms with Crippen LogP contribution < -0.4 is 15.0 Å². The molecule has 0 saturated carbocycles. The van der Waals surface area contributed by atoms with Gasteiger partial charge in [0.25, 0.3) is 0 Å². The molecule has 2 aromatic rings. The number of anilines is 1. The van der Waals surface area contributed by atoms with Gasteiger partial charge in [-0.1, -0.05) is 0 Å². The normalized spacial score (nSPS) is 16.2. The van der Waals surface area contributed by atoms with Gasteiger partial charge in [-0.25, -0.2) is 18.0 Å². The number of hydrogen-bond acceptors (Lipinski definition) is 4. The summed E-state index contributed by atoms with van der Waals surface area (Å²) in [6, 6.07) is 8.31. The van der Waals surface area contributed by atoms with Crippen molar-refractivity contribution >= 4 is 17.7 Å². The fraction of sp³-hybridized carbons (Fsp3) is 0.263. The molecule has 0 spiro atoms. The Bertz CT molecular complexity index is 889. The molecule has 0 radical (unpaired) electrons. The van der Waals surface area contributed by atoms with Crippen molar-refractivity contribution in [2.75, 3.05) is 18.5 Å². The van der Waals surface area contributed by atoms with Crippen molar-refractivity contribution < 1.29 is 32.2 Å². The van der Waals surface area contributed by atoms with Crippen LogP contribution in [0, 0.1) is 17.5 Å². The fourth-order valence-electron chi connectivity index (χ4n) is 2.77. The molecule has 9 heteroatoms. The number of rotatable bonds is 5. The van der Waals surface area contributed by atoms with Gasteiger partial charge < -0.3 is 19.7 Å². The van der Waals surface area contributed by atoms with Crippen molar-refractivity contribution in [3.63, 3.8) is 0 Å². The first-order valence-electron chi connectivity index (χ1n) is 8.43. The summed E-state index contributed by atoms with van der Waals surface area (Å²) in [4.78, 5) is 24.9. The van der Waals surface area contributed by atoms with Crippen LogP contribution in [0.4, 0.5) is 23.7 Å². The van der Waals surface area contributed by atoms with Gasteiger partial charge in [0.1, 0.15) is 18.5 Å². The molecular formula is C19H17F3N2O4. The predicted molar refractivity (Wildman–Crippen MR) is 93.4 cm³/mol. The Morgan fingerprint density at radius 2 is 1.86 bits per heavy atom. The molecule has 1 heterocycles. The van der Waals surface area contributed by atoms with E-state index in [2.05, 4.69) is 5.32 Å². The average molecular weight is 394 g/mol. The first-order chi connectivity index (χ1) is 13.4. The van der Waals surface area contributed by atoms with Crippen molar-refractivity contribution in [3.8, 4) is 5.75 Å². The highest BCUT2D eigenvalue weighted by atomic mass is 19.2. The molecular weight excluding hydrogens is 377 g/mol. The van der Waals surface area contributed by atoms with Gasteiger partial charge in [0.15, 0.2) is 17.5 Å². The minimum absolute atomic E-state index is 0.0844. The first-order valence-corrected chi connectivity index (χ1v) is 8.43. The smallest absolute Gasteiger partial charge is 0.407 e. The number of ether oxygens (including phenoxy) is 2. The molecule has 1 N–H and O–H groups in total. The lowest BCUT2D eigenvalue weighted by Crippen LogP contribution is -2.29. The number of hydrogen-bond donors (Lipinski definition) is 1. The summed E-state index contributed by atoms with van der Waals surface area (Å²) in [5.41, 5.74) is 0.464. The number of benzene rings is 2. The maximum Gasteiger partial charge on any atom is 0.407 e. The molecule has 1 aliphatic heterocycles. The molecule has 2 aromatic carbocycles. The Hall–Kier alpha value is -3.23. The SMILES string of the molecule is CNC(=O)OC1CC(=O)N(c2ccc(OCc3ccc(F)c(F)c3F)cc2)C1. The van der Waals surface area contributed by atoms with Crippen LogP contribution in [-0.2, 0) is 16.1 Å². The lowest BCUT2D eigenvalue weighted by atomic mass is 10.2. The number of nitrogens with zero attached hydrogens (tertiary/aromatic N) is 1. The summed E-state index contributed by atoms with van der Waals surface area (Å²) in [6.07, 6.45) is -1.06. The quantitative estimate of drug-likeness (QED) is 0.792. The second kappa shape index (κ2) is 8.20. The number of amides is 2. The van der Waals surface area contributed by atoms with E-state index in [0.717, 1.165) is 12.1 Å². The minimum atomic E-state index is -1.54. The molecule has 1 atom stereocenters. The second-order valence-corrected chi connectivity index (χ2v) is 6.10. The summed E-state index contributed by atoms with van der Waals surface area (Å²) < 4.78 is 50.3. The molecule has 0 bridgehead atoms. The highest BCUT2D eigenvalue weighted by Crippen LogP contribution is 2.26. The van der Waals surface area contributed by atoms with Gasteiger partial charge in [0.2, 0.25) is 5.91 Å². The van der Waals surface area contributed by atoms with E-state index in [0.29, 0.717) is 11.4 Å². The molecule has 6 nitrogen and oxygen atoms in total. The van der Waals surface area contributed by atoms with Crippen molar-refractivity contribution in [2.45, 2.75) is 19.1 Å². The molecule has 1 fully saturated rings. The van der Waals surface area contributed by atoms with Crippen molar-refractivity contribution in [1.82, 2.24) is 5.32 Å². The predicted octanol–water partition coefficient (Wildman–Crippen LogP) is 3.14. The Kier molecular flexibility index (Phi) is 5.72. The molecule has 0 aromatic heterocycles. The zero-order valence-electron chi connectivity index (χ0n) is 14.9. The van der Waals surface area contributed by atoms with E-state index in [1.54, 1.807) is 24.3 Å². The Labute approximate surface area is 158 Å². The highest BCUT2D eigenvalue weighted by molar-refractivity contribution is 5.96. The molecule has 1 unspecified atom stereocenters. The molecule has 148 valence electrons. The van der Waals surface area contributed by atoms with Crippen LogP contribution in [0.25, 0.3) is 0 Å². The molecule has 0 aliphatic carbocycles. The topological polar surface area (TPSA) is 67.9 Å². The van der Waals surface area contributed by atoms with E-state index in [1.807, 2.05) is 0 Å². The summed E-state index contributed by atoms with van der Waals surface area (Å²) in [5, 5.41) is 2.33. The lowest BCUT2D eigenvalue weighted by Gasteiger charge is -2.17. The van der Waals surface area contributed by atoms with Crippen LogP contribution in [0.15, 0.2) is 36.4 Å². The van der Waals surface area contributed by atoms with Crippen molar-refractivity contribution in [1.29, 1.82) is 0 Å². The van der Waals surface area contributed by atoms with E-state index in [-0.39, 0.29) is 31.0 Å². The zero-order valence-corrected chi connectivity index (χ0v) is 14.9. The van der Waals surface area contributed by atoms with Crippen LogP contribution in [0.3, 0.4) is 0 Å². The monoisotopic (exact) mass is 394 g/mol. The summed E-state index contributed by atoms with van der Waals surface area (Å²) in [5.74, 6) is -3.93. The van der Waals surface area contributed by atoms with E-state index in [1.165, 1.54) is 11.9 Å². The lowest BCUT2D eigenvalue weighted by molar-refractivity contribution is -0.117. The average Bonchev–Trinajstić information content (AvgIpc) is 3.06. The third-order valence-corrected chi connectivity index (χ3v) is 4.23. The largest absolute Gasteiger partial charge is 0.489 e. The standard InChI is InChI=1S/C19H17F3N2O4/c1-23-19(26)28-14-8-16(25)24(9-14)12-3-5-13(6-4-12)27-10-11-2-7-15(20)18(22)17(11)21/h2-7,14H,8-10H2,1H3,(H,23,26). The molecule has 3 rings (SSSR count). The highest BCUT2D eigenvalue weighted by Gasteiger charge is 2.33. The minimum Gasteiger partial charge on any atom is -0.489 e. The van der Waals surface area contributed by atoms with E-state index in [9.17, 15) is 22.8 Å². The molecule has 1 aliphatic rings. The number of carbonyl (C=O) groups excluding carboxylic acids is 2. The summed E-state index contributed by atoms with van der Waals surface area (Å²) in [7, 11) is 1.43. The number of nitrogens with one attached hydrogen (secondary N) is 1. The van der Waals surface area contributed by atoms with Crippen molar-refractivity contribution in [2.24, 2.45) is 0 Å². The van der Waals surface area contributed by atoms with Gasteiger partial charge in [-0.05, 0) is 36.4 Å². The van der Waals surface area contributed by atoms with Crippen LogP contribution in [-0.4, -0.2) is 31.7 Å². The van der Waals surface area contributed by atoms with Gasteiger partial charge >= 0.3 is 6.09 Å². The van der Waals surface area contributed by atoms with Gasteiger partial charge in [0.05, 0.1) is 13.0 Å². The Morgan fingerprint density at radius 3 is 2.54 bits per heavy atom. The first kappa shape index (κ1) is 19.5. The van der Waals surface area contributed by atoms with E-state index in [4.69, 9.17) is 9.47 Å². The van der Waals surface area contributed by atoms with Crippen LogP contribution in [0.2, 0.25) is 0 Å². The van der Waals surface area contributed by atoms with Gasteiger partial charge in [-0.15, -0.1) is 0 Å². The zero-order chi connectivity index (χ0) is 20.3. The van der Waals surface area contributed by atoms with Gasteiger partial charge in [-0.2, -0.15) is 0 Å². The summed E-state index contributed by atoms with van der Waals surface area (Å²) in [6.45, 7) is -0.0560. The van der Waals surface area contributed by atoms with Gasteiger partial charge in [0, 0.05) is 18.3 Å². The van der Waals surface area contributed by atoms with Crippen molar-refractivity contribution in [3.05, 3.63) is 59.4 Å². The maximum absolute atomic E-state index is 13.7. The van der Waals surface area contributed by atoms with Crippen LogP contribution >= 0.6 is 0 Å². The Morgan fingerprint density at radius 1 is 1.14 bits per heavy atom. The van der Waals surface area contributed by atoms with Gasteiger partial charge in [-0.3, -0.25) is 4.79 Å². The molecule has 2 amide bonds. The van der Waals surface area contributed by atoms with E-state index < -0.39 is 29.6 Å². The third kappa shape index (κ3) is 4.19. The Balaban J connectivity index is 1.62. The third-order valence-electron chi connectivity index (χ3n) is 4.23. The number of alkyl carbamates (subject to hydrolysis) is 1. The number of halogens is 3. The molecule has 28 heavy (non-hydrogen) atoms. The maximum atomic E-state index is 13.7. The van der Waals surface area contributed by atoms with E-state index >= 15 is 0 Å². The number of carbonyl (C=O) groups is 2. The fourth-order valence-corrected chi connectivity index (χ4v) is 2.77. The summed E-state index contributed by atoms with van der Waals surface area (Å²) >= 11 is 0. The van der Waals surface area contributed by atoms with Crippen LogP contribution in [0.5, 0.6) is 5.75 Å². The molecule has 1 saturated heterocycles.